The molecule has 9 heteroatoms. The second kappa shape index (κ2) is 7.15. The van der Waals surface area contributed by atoms with Crippen molar-refractivity contribution in [1.29, 1.82) is 0 Å². The number of rotatable bonds is 2. The van der Waals surface area contributed by atoms with Crippen LogP contribution < -0.4 is 10.1 Å². The lowest BCUT2D eigenvalue weighted by atomic mass is 9.67. The molecule has 154 valence electrons. The van der Waals surface area contributed by atoms with Gasteiger partial charge in [-0.05, 0) is 30.7 Å². The topological polar surface area (TPSA) is 81.2 Å². The van der Waals surface area contributed by atoms with Crippen molar-refractivity contribution in [3.05, 3.63) is 85.7 Å². The molecule has 1 amide bonds. The maximum absolute atomic E-state index is 13.7. The Labute approximate surface area is 195 Å². The highest BCUT2D eigenvalue weighted by Gasteiger charge is 2.59. The summed E-state index contributed by atoms with van der Waals surface area (Å²) in [6.45, 7) is 1.39. The van der Waals surface area contributed by atoms with Crippen molar-refractivity contribution in [2.24, 2.45) is 0 Å². The van der Waals surface area contributed by atoms with E-state index in [0.717, 1.165) is 4.47 Å². The van der Waals surface area contributed by atoms with Crippen LogP contribution in [-0.4, -0.2) is 21.7 Å². The van der Waals surface area contributed by atoms with Crippen molar-refractivity contribution in [2.75, 3.05) is 5.32 Å². The maximum Gasteiger partial charge on any atom is 0.244 e. The summed E-state index contributed by atoms with van der Waals surface area (Å²) < 4.78 is 6.85. The Morgan fingerprint density at radius 2 is 1.87 bits per heavy atom. The average molecular weight is 517 g/mol. The molecular formula is C22H12BrCl2N3O3. The molecule has 0 saturated heterocycles. The minimum absolute atomic E-state index is 0.0276. The molecule has 0 fully saturated rings. The molecule has 2 aromatic carbocycles. The third kappa shape index (κ3) is 2.84. The first-order valence-corrected chi connectivity index (χ1v) is 10.7. The summed E-state index contributed by atoms with van der Waals surface area (Å²) in [4.78, 5) is 35.1. The van der Waals surface area contributed by atoms with Crippen LogP contribution in [0.5, 0.6) is 5.88 Å². The minimum Gasteiger partial charge on any atom is -0.437 e. The molecule has 1 aromatic heterocycles. The number of ketones is 1. The molecule has 6 nitrogen and oxygen atoms in total. The zero-order valence-electron chi connectivity index (χ0n) is 15.9. The zero-order chi connectivity index (χ0) is 21.9. The van der Waals surface area contributed by atoms with Gasteiger partial charge in [0.2, 0.25) is 17.1 Å². The Kier molecular flexibility index (Phi) is 4.66. The number of aromatic nitrogens is 2. The molecule has 1 spiro atoms. The third-order valence-corrected chi connectivity index (χ3v) is 6.28. The fourth-order valence-electron chi connectivity index (χ4n) is 4.22. The summed E-state index contributed by atoms with van der Waals surface area (Å²) in [6.07, 6.45) is 0. The summed E-state index contributed by atoms with van der Waals surface area (Å²) >= 11 is 16.0. The van der Waals surface area contributed by atoms with E-state index in [1.54, 1.807) is 30.3 Å². The number of nitrogens with one attached hydrogen (secondary N) is 1. The summed E-state index contributed by atoms with van der Waals surface area (Å²) in [5.41, 5.74) is 0.449. The van der Waals surface area contributed by atoms with Gasteiger partial charge in [0.1, 0.15) is 16.3 Å². The number of carbonyl (C=O) groups excluding carboxylic acids is 2. The Bertz CT molecular complexity index is 1330. The van der Waals surface area contributed by atoms with Crippen LogP contribution in [0.3, 0.4) is 0 Å². The SMILES string of the molecule is CC(=O)C1=C(c2ccccc2)Oc2nc(Cl)nc(Cl)c2C12C(=O)Nc1cc(Br)ccc12. The Morgan fingerprint density at radius 3 is 2.58 bits per heavy atom. The fraction of sp³-hybridized carbons (Fsp3) is 0.0909. The number of anilines is 1. The first-order chi connectivity index (χ1) is 14.8. The molecule has 1 atom stereocenters. The molecule has 1 unspecified atom stereocenters. The van der Waals surface area contributed by atoms with E-state index in [-0.39, 0.29) is 39.0 Å². The molecule has 3 aromatic rings. The normalized spacial score (nSPS) is 19.0. The van der Waals surface area contributed by atoms with Crippen molar-refractivity contribution in [2.45, 2.75) is 12.3 Å². The molecule has 31 heavy (non-hydrogen) atoms. The highest BCUT2D eigenvalue weighted by atomic mass is 79.9. The zero-order valence-corrected chi connectivity index (χ0v) is 19.0. The van der Waals surface area contributed by atoms with E-state index < -0.39 is 11.3 Å². The van der Waals surface area contributed by atoms with Gasteiger partial charge in [-0.1, -0.05) is 63.9 Å². The number of Topliss-reactive ketones (excluding diaryl/α,β-unsaturated/α-hetero) is 1. The largest absolute Gasteiger partial charge is 0.437 e. The molecule has 0 saturated carbocycles. The second-order valence-electron chi connectivity index (χ2n) is 7.09. The maximum atomic E-state index is 13.7. The van der Waals surface area contributed by atoms with Crippen molar-refractivity contribution in [3.63, 3.8) is 0 Å². The Hall–Kier alpha value is -2.74. The number of amides is 1. The van der Waals surface area contributed by atoms with Gasteiger partial charge in [-0.2, -0.15) is 4.98 Å². The molecule has 5 rings (SSSR count). The quantitative estimate of drug-likeness (QED) is 0.375. The number of hydrogen-bond acceptors (Lipinski definition) is 5. The fourth-order valence-corrected chi connectivity index (χ4v) is 5.09. The van der Waals surface area contributed by atoms with Crippen LogP contribution in [-0.2, 0) is 15.0 Å². The summed E-state index contributed by atoms with van der Waals surface area (Å²) in [6, 6.07) is 14.4. The van der Waals surface area contributed by atoms with E-state index in [0.29, 0.717) is 16.8 Å². The minimum atomic E-state index is -1.59. The molecule has 3 heterocycles. The van der Waals surface area contributed by atoms with Crippen LogP contribution in [0.1, 0.15) is 23.6 Å². The smallest absolute Gasteiger partial charge is 0.244 e. The highest BCUT2D eigenvalue weighted by Crippen LogP contribution is 2.57. The van der Waals surface area contributed by atoms with Gasteiger partial charge in [-0.3, -0.25) is 9.59 Å². The lowest BCUT2D eigenvalue weighted by Crippen LogP contribution is -2.44. The van der Waals surface area contributed by atoms with Gasteiger partial charge in [0, 0.05) is 21.3 Å². The van der Waals surface area contributed by atoms with E-state index >= 15 is 0 Å². The number of halogens is 3. The van der Waals surface area contributed by atoms with Crippen LogP contribution in [0.2, 0.25) is 10.4 Å². The first-order valence-electron chi connectivity index (χ1n) is 9.18. The van der Waals surface area contributed by atoms with Crippen molar-refractivity contribution in [1.82, 2.24) is 9.97 Å². The second-order valence-corrected chi connectivity index (χ2v) is 8.70. The van der Waals surface area contributed by atoms with Gasteiger partial charge in [-0.15, -0.1) is 0 Å². The van der Waals surface area contributed by atoms with Gasteiger partial charge in [0.15, 0.2) is 5.78 Å². The number of ether oxygens (including phenoxy) is 1. The van der Waals surface area contributed by atoms with Crippen LogP contribution >= 0.6 is 39.1 Å². The van der Waals surface area contributed by atoms with Crippen LogP contribution in [0.25, 0.3) is 5.76 Å². The van der Waals surface area contributed by atoms with Crippen molar-refractivity contribution < 1.29 is 14.3 Å². The van der Waals surface area contributed by atoms with Gasteiger partial charge in [0.25, 0.3) is 0 Å². The molecule has 1 N–H and O–H groups in total. The number of benzene rings is 2. The monoisotopic (exact) mass is 515 g/mol. The Balaban J connectivity index is 1.98. The molecule has 2 aliphatic heterocycles. The lowest BCUT2D eigenvalue weighted by Gasteiger charge is -2.36. The van der Waals surface area contributed by atoms with Crippen LogP contribution in [0, 0.1) is 0 Å². The summed E-state index contributed by atoms with van der Waals surface area (Å²) in [7, 11) is 0. The molecule has 0 bridgehead atoms. The number of fused-ring (bicyclic) bond motifs is 4. The summed E-state index contributed by atoms with van der Waals surface area (Å²) in [5, 5.41) is 2.68. The van der Waals surface area contributed by atoms with E-state index in [4.69, 9.17) is 27.9 Å². The van der Waals surface area contributed by atoms with Gasteiger partial charge < -0.3 is 10.1 Å². The highest BCUT2D eigenvalue weighted by molar-refractivity contribution is 9.10. The van der Waals surface area contributed by atoms with Crippen LogP contribution in [0.4, 0.5) is 5.69 Å². The lowest BCUT2D eigenvalue weighted by molar-refractivity contribution is -0.121. The predicted molar refractivity (Wildman–Crippen MR) is 120 cm³/mol. The van der Waals surface area contributed by atoms with Crippen LogP contribution in [0.15, 0.2) is 58.6 Å². The van der Waals surface area contributed by atoms with Crippen molar-refractivity contribution in [3.8, 4) is 5.88 Å². The molecule has 0 radical (unpaired) electrons. The standard InChI is InChI=1S/C22H12BrCl2N3O3/c1-10(29)15-17(11-5-3-2-4-6-11)31-19-16(18(24)27-21(25)28-19)22(15)13-8-7-12(23)9-14(13)26-20(22)30/h2-9H,1H3,(H,26,30). The number of carbonyl (C=O) groups is 2. The molecular weight excluding hydrogens is 505 g/mol. The van der Waals surface area contributed by atoms with E-state index in [2.05, 4.69) is 31.2 Å². The van der Waals surface area contributed by atoms with Gasteiger partial charge in [-0.25, -0.2) is 4.98 Å². The van der Waals surface area contributed by atoms with Gasteiger partial charge in [0.05, 0.1) is 11.1 Å². The van der Waals surface area contributed by atoms with E-state index in [1.165, 1.54) is 6.92 Å². The van der Waals surface area contributed by atoms with E-state index in [9.17, 15) is 9.59 Å². The average Bonchev–Trinajstić information content (AvgIpc) is 2.98. The molecule has 0 aliphatic carbocycles. The first kappa shape index (κ1) is 20.2. The molecule has 2 aliphatic rings. The third-order valence-electron chi connectivity index (χ3n) is 5.34. The van der Waals surface area contributed by atoms with Crippen molar-refractivity contribution >= 4 is 62.3 Å². The van der Waals surface area contributed by atoms with Gasteiger partial charge >= 0.3 is 0 Å². The predicted octanol–water partition coefficient (Wildman–Crippen LogP) is 5.18. The van der Waals surface area contributed by atoms with E-state index in [1.807, 2.05) is 18.2 Å². The number of nitrogens with zero attached hydrogens (tertiary/aromatic N) is 2. The Morgan fingerprint density at radius 1 is 1.13 bits per heavy atom. The summed E-state index contributed by atoms with van der Waals surface area (Å²) in [5.74, 6) is -0.546. The number of hydrogen-bond donors (Lipinski definition) is 1.